The zero-order chi connectivity index (χ0) is 32.8. The molecular weight excluding hydrogens is 624 g/mol. The van der Waals surface area contributed by atoms with Crippen LogP contribution < -0.4 is 21.1 Å². The molecule has 2 unspecified atom stereocenters. The maximum absolute atomic E-state index is 14.3. The average Bonchev–Trinajstić information content (AvgIpc) is 3.80. The Balaban J connectivity index is 1.22. The zero-order valence-corrected chi connectivity index (χ0v) is 27.6. The van der Waals surface area contributed by atoms with Gasteiger partial charge in [0, 0.05) is 31.4 Å². The number of aliphatic hydroxyl groups is 1. The Morgan fingerprint density at radius 1 is 1.06 bits per heavy atom. The van der Waals surface area contributed by atoms with Gasteiger partial charge in [0.25, 0.3) is 0 Å². The molecule has 1 amide bonds. The average molecular weight is 673 g/mol. The van der Waals surface area contributed by atoms with Crippen molar-refractivity contribution in [3.63, 3.8) is 0 Å². The van der Waals surface area contributed by atoms with E-state index >= 15 is 0 Å². The summed E-state index contributed by atoms with van der Waals surface area (Å²) in [5.74, 6) is 1.32. The summed E-state index contributed by atoms with van der Waals surface area (Å²) in [7, 11) is -4.15. The van der Waals surface area contributed by atoms with Crippen LogP contribution in [-0.2, 0) is 30.7 Å². The molecule has 5 N–H and O–H groups in total. The summed E-state index contributed by atoms with van der Waals surface area (Å²) in [4.78, 5) is 13.2. The quantitative estimate of drug-likeness (QED) is 0.322. The first-order valence-electron chi connectivity index (χ1n) is 16.9. The molecule has 6 rings (SSSR count). The number of ether oxygens (including phenoxy) is 4. The number of nitrogen functional groups attached to an aromatic ring is 1. The normalized spacial score (nSPS) is 29.3. The number of rotatable bonds is 7. The molecule has 4 aliphatic rings. The summed E-state index contributed by atoms with van der Waals surface area (Å²) in [5, 5.41) is 18.0. The van der Waals surface area contributed by atoms with Crippen molar-refractivity contribution in [2.75, 3.05) is 51.7 Å². The molecule has 2 saturated heterocycles. The SMILES string of the molecule is Nc1ccc2c(c1)OCCCC1CCCC1CNCCN(C[C@@H](O)[C@H](Cc1ccccc1)NC(=O)O[C@H]1CO[C@H]3OCC[C@H]31)S2(=O)=O. The van der Waals surface area contributed by atoms with Crippen LogP contribution in [-0.4, -0.2) is 94.5 Å². The third kappa shape index (κ3) is 8.38. The van der Waals surface area contributed by atoms with Crippen LogP contribution >= 0.6 is 0 Å². The summed E-state index contributed by atoms with van der Waals surface area (Å²) in [5.41, 5.74) is 7.33. The van der Waals surface area contributed by atoms with Gasteiger partial charge in [0.15, 0.2) is 6.29 Å². The van der Waals surface area contributed by atoms with Gasteiger partial charge in [-0.25, -0.2) is 13.2 Å². The van der Waals surface area contributed by atoms with E-state index in [0.717, 1.165) is 37.8 Å². The predicted octanol–water partition coefficient (Wildman–Crippen LogP) is 2.90. The van der Waals surface area contributed by atoms with Gasteiger partial charge >= 0.3 is 6.09 Å². The third-order valence-corrected chi connectivity index (χ3v) is 11.9. The fourth-order valence-corrected chi connectivity index (χ4v) is 9.01. The standard InChI is InChI=1S/C34H48N4O8S/c35-26-11-12-32-30(19-26)43-16-5-10-24-8-4-9-25(24)20-36-14-15-38(47(32,41)42)21-29(39)28(18-23-6-2-1-3-7-23)37-34(40)46-31-22-45-33-27(31)13-17-44-33/h1-3,6-7,11-12,19,24-25,27-29,31,33,36,39H,4-5,8-10,13-18,20-22,35H2,(H,37,40)/t24?,25?,27-,28-,29+,31-,33+/m0/s1. The number of hydrogen-bond acceptors (Lipinski definition) is 10. The van der Waals surface area contributed by atoms with Gasteiger partial charge in [0.05, 0.1) is 37.9 Å². The molecule has 3 aliphatic heterocycles. The van der Waals surface area contributed by atoms with Crippen molar-refractivity contribution in [1.82, 2.24) is 14.9 Å². The second-order valence-corrected chi connectivity index (χ2v) is 15.1. The Morgan fingerprint density at radius 3 is 2.72 bits per heavy atom. The van der Waals surface area contributed by atoms with Crippen molar-refractivity contribution in [3.8, 4) is 5.75 Å². The van der Waals surface area contributed by atoms with E-state index in [2.05, 4.69) is 10.6 Å². The number of fused-ring (bicyclic) bond motifs is 3. The van der Waals surface area contributed by atoms with Gasteiger partial charge < -0.3 is 40.4 Å². The molecule has 1 saturated carbocycles. The molecule has 3 heterocycles. The van der Waals surface area contributed by atoms with Crippen molar-refractivity contribution in [1.29, 1.82) is 0 Å². The molecule has 47 heavy (non-hydrogen) atoms. The Labute approximate surface area is 277 Å². The van der Waals surface area contributed by atoms with Gasteiger partial charge in [-0.05, 0) is 68.2 Å². The molecule has 2 aromatic carbocycles. The van der Waals surface area contributed by atoms with Crippen molar-refractivity contribution >= 4 is 21.8 Å². The number of carbonyl (C=O) groups is 1. The molecule has 0 aromatic heterocycles. The molecular formula is C34H48N4O8S. The number of amides is 1. The van der Waals surface area contributed by atoms with Gasteiger partial charge in [-0.3, -0.25) is 0 Å². The number of aliphatic hydroxyl groups excluding tert-OH is 1. The van der Waals surface area contributed by atoms with Crippen LogP contribution in [0.25, 0.3) is 0 Å². The van der Waals surface area contributed by atoms with E-state index in [0.29, 0.717) is 37.3 Å². The predicted molar refractivity (Wildman–Crippen MR) is 175 cm³/mol. The lowest BCUT2D eigenvalue weighted by molar-refractivity contribution is -0.0907. The summed E-state index contributed by atoms with van der Waals surface area (Å²) < 4.78 is 52.8. The minimum absolute atomic E-state index is 0.00347. The first-order chi connectivity index (χ1) is 22.8. The summed E-state index contributed by atoms with van der Waals surface area (Å²) in [6, 6.07) is 13.1. The summed E-state index contributed by atoms with van der Waals surface area (Å²) >= 11 is 0. The lowest BCUT2D eigenvalue weighted by Crippen LogP contribution is -2.52. The first kappa shape index (κ1) is 33.9. The smallest absolute Gasteiger partial charge is 0.407 e. The molecule has 0 bridgehead atoms. The van der Waals surface area contributed by atoms with Crippen molar-refractivity contribution < 1.29 is 37.3 Å². The monoisotopic (exact) mass is 672 g/mol. The van der Waals surface area contributed by atoms with Crippen LogP contribution in [0.5, 0.6) is 5.75 Å². The number of nitrogens with one attached hydrogen (secondary N) is 2. The first-order valence-corrected chi connectivity index (χ1v) is 18.4. The van der Waals surface area contributed by atoms with Gasteiger partial charge in [-0.2, -0.15) is 4.31 Å². The number of benzene rings is 2. The van der Waals surface area contributed by atoms with E-state index in [1.165, 1.54) is 23.2 Å². The fourth-order valence-electron chi connectivity index (χ4n) is 7.44. The third-order valence-electron chi connectivity index (χ3n) is 10.0. The number of nitrogens with zero attached hydrogens (tertiary/aromatic N) is 1. The van der Waals surface area contributed by atoms with Crippen LogP contribution in [0.3, 0.4) is 0 Å². The lowest BCUT2D eigenvalue weighted by Gasteiger charge is -2.31. The van der Waals surface area contributed by atoms with Gasteiger partial charge in [0.2, 0.25) is 10.0 Å². The van der Waals surface area contributed by atoms with Crippen LogP contribution in [0, 0.1) is 17.8 Å². The van der Waals surface area contributed by atoms with Crippen LogP contribution in [0.1, 0.15) is 44.1 Å². The molecule has 3 fully saturated rings. The largest absolute Gasteiger partial charge is 0.492 e. The Kier molecular flexibility index (Phi) is 11.2. The van der Waals surface area contributed by atoms with E-state index in [1.54, 1.807) is 12.1 Å². The highest BCUT2D eigenvalue weighted by Gasteiger charge is 2.44. The molecule has 2 aromatic rings. The molecule has 0 radical (unpaired) electrons. The number of carbonyl (C=O) groups excluding carboxylic acids is 1. The molecule has 0 spiro atoms. The van der Waals surface area contributed by atoms with E-state index in [-0.39, 0.29) is 49.0 Å². The highest BCUT2D eigenvalue weighted by Crippen LogP contribution is 2.36. The van der Waals surface area contributed by atoms with Crippen molar-refractivity contribution in [3.05, 3.63) is 54.1 Å². The van der Waals surface area contributed by atoms with E-state index < -0.39 is 34.4 Å². The summed E-state index contributed by atoms with van der Waals surface area (Å²) in [6.45, 7) is 2.25. The number of hydrogen-bond donors (Lipinski definition) is 4. The second-order valence-electron chi connectivity index (χ2n) is 13.2. The Hall–Kier alpha value is -2.94. The van der Waals surface area contributed by atoms with Crippen molar-refractivity contribution in [2.24, 2.45) is 17.8 Å². The molecule has 12 nitrogen and oxygen atoms in total. The molecule has 13 heteroatoms. The number of alkyl carbamates (subject to hydrolysis) is 1. The minimum atomic E-state index is -4.15. The molecule has 7 atom stereocenters. The van der Waals surface area contributed by atoms with Gasteiger partial charge in [-0.15, -0.1) is 0 Å². The van der Waals surface area contributed by atoms with E-state index in [1.807, 2.05) is 30.3 Å². The van der Waals surface area contributed by atoms with E-state index in [9.17, 15) is 18.3 Å². The van der Waals surface area contributed by atoms with Crippen molar-refractivity contribution in [2.45, 2.75) is 74.4 Å². The summed E-state index contributed by atoms with van der Waals surface area (Å²) in [6.07, 6.45) is 3.61. The fraction of sp³-hybridized carbons (Fsp3) is 0.618. The Bertz CT molecular complexity index is 1450. The minimum Gasteiger partial charge on any atom is -0.492 e. The topological polar surface area (TPSA) is 162 Å². The maximum Gasteiger partial charge on any atom is 0.407 e. The van der Waals surface area contributed by atoms with Crippen LogP contribution in [0.4, 0.5) is 10.5 Å². The highest BCUT2D eigenvalue weighted by molar-refractivity contribution is 7.89. The zero-order valence-electron chi connectivity index (χ0n) is 26.8. The highest BCUT2D eigenvalue weighted by atomic mass is 32.2. The maximum atomic E-state index is 14.3. The number of sulfonamides is 1. The van der Waals surface area contributed by atoms with Gasteiger partial charge in [-0.1, -0.05) is 43.2 Å². The molecule has 1 aliphatic carbocycles. The van der Waals surface area contributed by atoms with Crippen LogP contribution in [0.2, 0.25) is 0 Å². The van der Waals surface area contributed by atoms with Gasteiger partial charge in [0.1, 0.15) is 16.7 Å². The number of anilines is 1. The van der Waals surface area contributed by atoms with Crippen LogP contribution in [0.15, 0.2) is 53.4 Å². The Morgan fingerprint density at radius 2 is 1.87 bits per heavy atom. The second kappa shape index (κ2) is 15.5. The molecule has 258 valence electrons. The lowest BCUT2D eigenvalue weighted by atomic mass is 9.91. The number of nitrogens with two attached hydrogens (primary N) is 1. The van der Waals surface area contributed by atoms with E-state index in [4.69, 9.17) is 24.7 Å². The number of β-amino-alcohol motifs (C(OH)–C–C–N with tert-alkyl or cyclic N) is 1.